The fourth-order valence-electron chi connectivity index (χ4n) is 4.47. The van der Waals surface area contributed by atoms with E-state index in [0.717, 1.165) is 12.8 Å². The minimum Gasteiger partial charge on any atom is -0.331 e. The number of rotatable bonds is 23. The molecule has 3 heteroatoms. The minimum atomic E-state index is -0.872. The second-order valence-electron chi connectivity index (χ2n) is 8.79. The number of hydrogen-bond acceptors (Lipinski definition) is 3. The van der Waals surface area contributed by atoms with Crippen LogP contribution in [0.3, 0.4) is 0 Å². The van der Waals surface area contributed by atoms with E-state index in [9.17, 15) is 0 Å². The van der Waals surface area contributed by atoms with Gasteiger partial charge in [0.2, 0.25) is 0 Å². The van der Waals surface area contributed by atoms with Crippen LogP contribution in [0.1, 0.15) is 136 Å². The van der Waals surface area contributed by atoms with E-state index in [1.165, 1.54) is 109 Å². The molecule has 0 aliphatic rings. The Morgan fingerprint density at radius 2 is 0.724 bits per heavy atom. The molecule has 0 fully saturated rings. The number of methoxy groups -OCH3 is 3. The molecule has 29 heavy (non-hydrogen) atoms. The molecule has 176 valence electrons. The van der Waals surface area contributed by atoms with Gasteiger partial charge in [-0.25, -0.2) is 0 Å². The minimum absolute atomic E-state index is 0.312. The number of ether oxygens (including phenoxy) is 3. The van der Waals surface area contributed by atoms with Crippen LogP contribution in [0.2, 0.25) is 0 Å². The van der Waals surface area contributed by atoms with Gasteiger partial charge in [0.1, 0.15) is 0 Å². The van der Waals surface area contributed by atoms with Crippen LogP contribution in [0.4, 0.5) is 0 Å². The maximum absolute atomic E-state index is 5.69. The van der Waals surface area contributed by atoms with Gasteiger partial charge in [-0.05, 0) is 12.8 Å². The zero-order valence-corrected chi connectivity index (χ0v) is 20.7. The third-order valence-corrected chi connectivity index (χ3v) is 6.42. The summed E-state index contributed by atoms with van der Waals surface area (Å²) in [6.07, 6.45) is 25.4. The molecule has 1 unspecified atom stereocenters. The molecular weight excluding hydrogens is 360 g/mol. The molecular formula is C26H54O3. The van der Waals surface area contributed by atoms with Crippen LogP contribution in [0.25, 0.3) is 0 Å². The fourth-order valence-corrected chi connectivity index (χ4v) is 4.47. The first-order valence-electron chi connectivity index (χ1n) is 12.9. The van der Waals surface area contributed by atoms with Crippen molar-refractivity contribution < 1.29 is 14.2 Å². The lowest BCUT2D eigenvalue weighted by Gasteiger charge is -2.36. The van der Waals surface area contributed by atoms with Crippen molar-refractivity contribution >= 4 is 0 Å². The summed E-state index contributed by atoms with van der Waals surface area (Å²) in [7, 11) is 5.12. The zero-order chi connectivity index (χ0) is 21.6. The van der Waals surface area contributed by atoms with E-state index in [1.807, 2.05) is 0 Å². The lowest BCUT2D eigenvalue weighted by Crippen LogP contribution is -2.44. The lowest BCUT2D eigenvalue weighted by atomic mass is 9.91. The smallest absolute Gasteiger partial charge is 0.285 e. The summed E-state index contributed by atoms with van der Waals surface area (Å²) in [4.78, 5) is 0. The molecule has 0 N–H and O–H groups in total. The van der Waals surface area contributed by atoms with Gasteiger partial charge in [0.15, 0.2) is 0 Å². The monoisotopic (exact) mass is 414 g/mol. The summed E-state index contributed by atoms with van der Waals surface area (Å²) in [5, 5.41) is 0. The van der Waals surface area contributed by atoms with Gasteiger partial charge >= 0.3 is 0 Å². The summed E-state index contributed by atoms with van der Waals surface area (Å²) in [5.41, 5.74) is 0. The largest absolute Gasteiger partial charge is 0.331 e. The first-order chi connectivity index (χ1) is 14.2. The molecule has 0 aliphatic heterocycles. The molecule has 0 saturated carbocycles. The van der Waals surface area contributed by atoms with Crippen molar-refractivity contribution in [3.8, 4) is 0 Å². The van der Waals surface area contributed by atoms with Crippen molar-refractivity contribution in [2.75, 3.05) is 21.3 Å². The van der Waals surface area contributed by atoms with Crippen molar-refractivity contribution in [3.63, 3.8) is 0 Å². The molecule has 0 aromatic carbocycles. The first kappa shape index (κ1) is 28.9. The Labute approximate surface area is 183 Å². The van der Waals surface area contributed by atoms with Crippen molar-refractivity contribution in [3.05, 3.63) is 0 Å². The van der Waals surface area contributed by atoms with E-state index in [1.54, 1.807) is 21.3 Å². The van der Waals surface area contributed by atoms with E-state index >= 15 is 0 Å². The van der Waals surface area contributed by atoms with Crippen molar-refractivity contribution in [2.45, 2.75) is 142 Å². The highest BCUT2D eigenvalue weighted by molar-refractivity contribution is 4.71. The molecule has 0 radical (unpaired) electrons. The second-order valence-corrected chi connectivity index (χ2v) is 8.79. The first-order valence-corrected chi connectivity index (χ1v) is 12.9. The predicted molar refractivity (Wildman–Crippen MR) is 126 cm³/mol. The summed E-state index contributed by atoms with van der Waals surface area (Å²) in [5.74, 6) is -0.560. The van der Waals surface area contributed by atoms with Gasteiger partial charge in [0, 0.05) is 27.2 Å². The second kappa shape index (κ2) is 21.1. The molecule has 0 aromatic heterocycles. The molecule has 0 aliphatic carbocycles. The maximum atomic E-state index is 5.69. The number of hydrogen-bond donors (Lipinski definition) is 0. The standard InChI is InChI=1S/C26H54O3/c1-6-8-10-12-13-14-15-16-17-18-20-22-24-25(23-21-19-11-9-7-2)26(27-3,28-4)29-5/h25H,6-24H2,1-5H3. The summed E-state index contributed by atoms with van der Waals surface area (Å²) < 4.78 is 17.1. The third kappa shape index (κ3) is 14.5. The Balaban J connectivity index is 3.98. The molecule has 1 atom stereocenters. The van der Waals surface area contributed by atoms with Gasteiger partial charge in [0.25, 0.3) is 5.97 Å². The highest BCUT2D eigenvalue weighted by Gasteiger charge is 2.39. The quantitative estimate of drug-likeness (QED) is 0.124. The van der Waals surface area contributed by atoms with Gasteiger partial charge in [-0.3, -0.25) is 0 Å². The van der Waals surface area contributed by atoms with Gasteiger partial charge in [0.05, 0.1) is 0 Å². The zero-order valence-electron chi connectivity index (χ0n) is 20.7. The van der Waals surface area contributed by atoms with Crippen molar-refractivity contribution in [1.82, 2.24) is 0 Å². The van der Waals surface area contributed by atoms with Crippen LogP contribution in [0.15, 0.2) is 0 Å². The van der Waals surface area contributed by atoms with Crippen LogP contribution in [-0.4, -0.2) is 27.3 Å². The molecule has 0 saturated heterocycles. The Kier molecular flexibility index (Phi) is 21.0. The highest BCUT2D eigenvalue weighted by atomic mass is 16.9. The van der Waals surface area contributed by atoms with Crippen molar-refractivity contribution in [2.24, 2.45) is 5.92 Å². The lowest BCUT2D eigenvalue weighted by molar-refractivity contribution is -0.380. The molecule has 0 amide bonds. The van der Waals surface area contributed by atoms with E-state index in [2.05, 4.69) is 13.8 Å². The molecule has 3 nitrogen and oxygen atoms in total. The fraction of sp³-hybridized carbons (Fsp3) is 1.00. The van der Waals surface area contributed by atoms with Crippen LogP contribution in [0.5, 0.6) is 0 Å². The topological polar surface area (TPSA) is 27.7 Å². The van der Waals surface area contributed by atoms with Crippen LogP contribution in [-0.2, 0) is 14.2 Å². The van der Waals surface area contributed by atoms with Gasteiger partial charge in [-0.2, -0.15) is 0 Å². The SMILES string of the molecule is CCCCCCCCCCCCCCC(CCCCCCC)C(OC)(OC)OC. The Hall–Kier alpha value is -0.120. The van der Waals surface area contributed by atoms with E-state index < -0.39 is 5.97 Å². The van der Waals surface area contributed by atoms with Crippen LogP contribution < -0.4 is 0 Å². The normalized spacial score (nSPS) is 13.1. The maximum Gasteiger partial charge on any atom is 0.285 e. The van der Waals surface area contributed by atoms with Crippen LogP contribution >= 0.6 is 0 Å². The van der Waals surface area contributed by atoms with Gasteiger partial charge in [-0.1, -0.05) is 123 Å². The van der Waals surface area contributed by atoms with Gasteiger partial charge in [-0.15, -0.1) is 0 Å². The summed E-state index contributed by atoms with van der Waals surface area (Å²) >= 11 is 0. The third-order valence-electron chi connectivity index (χ3n) is 6.42. The van der Waals surface area contributed by atoms with Gasteiger partial charge < -0.3 is 14.2 Å². The Morgan fingerprint density at radius 3 is 1.00 bits per heavy atom. The van der Waals surface area contributed by atoms with E-state index in [4.69, 9.17) is 14.2 Å². The van der Waals surface area contributed by atoms with E-state index in [0.29, 0.717) is 5.92 Å². The van der Waals surface area contributed by atoms with Crippen molar-refractivity contribution in [1.29, 1.82) is 0 Å². The Morgan fingerprint density at radius 1 is 0.448 bits per heavy atom. The highest BCUT2D eigenvalue weighted by Crippen LogP contribution is 2.33. The average Bonchev–Trinajstić information content (AvgIpc) is 2.75. The summed E-state index contributed by atoms with van der Waals surface area (Å²) in [6, 6.07) is 0. The Bertz CT molecular complexity index is 307. The summed E-state index contributed by atoms with van der Waals surface area (Å²) in [6.45, 7) is 4.55. The molecule has 0 heterocycles. The average molecular weight is 415 g/mol. The molecule has 0 aromatic rings. The number of unbranched alkanes of at least 4 members (excludes halogenated alkanes) is 15. The molecule has 0 bridgehead atoms. The van der Waals surface area contributed by atoms with E-state index in [-0.39, 0.29) is 0 Å². The molecule has 0 spiro atoms. The van der Waals surface area contributed by atoms with Crippen LogP contribution in [0, 0.1) is 5.92 Å². The predicted octanol–water partition coefficient (Wildman–Crippen LogP) is 8.65. The molecule has 0 rings (SSSR count).